The fourth-order valence-electron chi connectivity index (χ4n) is 1.52. The monoisotopic (exact) mass is 390 g/mol. The molecule has 1 N–H and O–H groups in total. The summed E-state index contributed by atoms with van der Waals surface area (Å²) in [4.78, 5) is 11.0. The molecule has 0 bridgehead atoms. The van der Waals surface area contributed by atoms with E-state index in [2.05, 4.69) is 0 Å². The fraction of sp³-hybridized carbons (Fsp3) is 0.400. The molecule has 1 aromatic carbocycles. The standard InChI is InChI=1S/C10H10F3IN2O3/c11-6-3-8(9(16(18)19)4-7(6)14)15(1-2-17)5-10(12)13/h3-4,10,17H,1-2,5H2. The van der Waals surface area contributed by atoms with Crippen molar-refractivity contribution in [1.29, 1.82) is 0 Å². The lowest BCUT2D eigenvalue weighted by molar-refractivity contribution is -0.384. The van der Waals surface area contributed by atoms with Gasteiger partial charge >= 0.3 is 0 Å². The predicted octanol–water partition coefficient (Wildman–Crippen LogP) is 2.40. The molecule has 0 aliphatic carbocycles. The molecule has 0 heterocycles. The number of nitro groups is 1. The van der Waals surface area contributed by atoms with Gasteiger partial charge in [-0.25, -0.2) is 13.2 Å². The summed E-state index contributed by atoms with van der Waals surface area (Å²) in [7, 11) is 0. The lowest BCUT2D eigenvalue weighted by Crippen LogP contribution is -2.32. The van der Waals surface area contributed by atoms with Gasteiger partial charge in [0.25, 0.3) is 12.1 Å². The van der Waals surface area contributed by atoms with E-state index in [1.165, 1.54) is 0 Å². The molecule has 1 aromatic rings. The first-order valence-electron chi connectivity index (χ1n) is 5.14. The number of aliphatic hydroxyl groups excluding tert-OH is 1. The van der Waals surface area contributed by atoms with Crippen molar-refractivity contribution < 1.29 is 23.2 Å². The van der Waals surface area contributed by atoms with Crippen LogP contribution in [-0.4, -0.2) is 36.2 Å². The molecular formula is C10H10F3IN2O3. The summed E-state index contributed by atoms with van der Waals surface area (Å²) in [6, 6.07) is 1.80. The highest BCUT2D eigenvalue weighted by Crippen LogP contribution is 2.32. The van der Waals surface area contributed by atoms with Gasteiger partial charge in [-0.05, 0) is 22.6 Å². The van der Waals surface area contributed by atoms with Gasteiger partial charge in [-0.15, -0.1) is 0 Å². The van der Waals surface area contributed by atoms with Crippen molar-refractivity contribution in [2.45, 2.75) is 6.43 Å². The number of nitrogens with zero attached hydrogens (tertiary/aromatic N) is 2. The SMILES string of the molecule is O=[N+]([O-])c1cc(I)c(F)cc1N(CCO)CC(F)F. The number of rotatable bonds is 6. The molecule has 0 aromatic heterocycles. The van der Waals surface area contributed by atoms with E-state index in [1.54, 1.807) is 22.6 Å². The van der Waals surface area contributed by atoms with E-state index in [0.717, 1.165) is 17.0 Å². The van der Waals surface area contributed by atoms with Crippen LogP contribution in [0.2, 0.25) is 0 Å². The summed E-state index contributed by atoms with van der Waals surface area (Å²) in [5, 5.41) is 19.7. The van der Waals surface area contributed by atoms with Gasteiger partial charge in [-0.1, -0.05) is 0 Å². The third-order valence-corrected chi connectivity index (χ3v) is 3.11. The van der Waals surface area contributed by atoms with Crippen LogP contribution in [0.1, 0.15) is 0 Å². The van der Waals surface area contributed by atoms with Gasteiger partial charge in [0.2, 0.25) is 0 Å². The first-order chi connectivity index (χ1) is 8.86. The van der Waals surface area contributed by atoms with Crippen LogP contribution in [0.3, 0.4) is 0 Å². The predicted molar refractivity (Wildman–Crippen MR) is 71.1 cm³/mol. The fourth-order valence-corrected chi connectivity index (χ4v) is 1.97. The Morgan fingerprint density at radius 3 is 2.58 bits per heavy atom. The van der Waals surface area contributed by atoms with E-state index in [1.807, 2.05) is 0 Å². The summed E-state index contributed by atoms with van der Waals surface area (Å²) in [5.41, 5.74) is -0.739. The Morgan fingerprint density at radius 2 is 2.11 bits per heavy atom. The van der Waals surface area contributed by atoms with Crippen LogP contribution in [-0.2, 0) is 0 Å². The smallest absolute Gasteiger partial charge is 0.293 e. The molecule has 19 heavy (non-hydrogen) atoms. The average molecular weight is 390 g/mol. The minimum atomic E-state index is -2.76. The number of halogens is 4. The Morgan fingerprint density at radius 1 is 1.47 bits per heavy atom. The Balaban J connectivity index is 3.26. The quantitative estimate of drug-likeness (QED) is 0.460. The third kappa shape index (κ3) is 4.20. The number of alkyl halides is 2. The van der Waals surface area contributed by atoms with Crippen LogP contribution >= 0.6 is 22.6 Å². The van der Waals surface area contributed by atoms with Crippen LogP contribution in [0.25, 0.3) is 0 Å². The largest absolute Gasteiger partial charge is 0.395 e. The number of benzene rings is 1. The highest BCUT2D eigenvalue weighted by atomic mass is 127. The normalized spacial score (nSPS) is 10.8. The zero-order valence-corrected chi connectivity index (χ0v) is 11.7. The van der Waals surface area contributed by atoms with Gasteiger partial charge in [0.1, 0.15) is 11.5 Å². The van der Waals surface area contributed by atoms with Crippen LogP contribution in [0, 0.1) is 19.5 Å². The van der Waals surface area contributed by atoms with Gasteiger partial charge in [-0.3, -0.25) is 10.1 Å². The zero-order chi connectivity index (χ0) is 14.6. The summed E-state index contributed by atoms with van der Waals surface area (Å²) >= 11 is 1.57. The molecule has 0 saturated heterocycles. The highest BCUT2D eigenvalue weighted by molar-refractivity contribution is 14.1. The lowest BCUT2D eigenvalue weighted by atomic mass is 10.2. The first-order valence-corrected chi connectivity index (χ1v) is 6.22. The van der Waals surface area contributed by atoms with Crippen LogP contribution in [0.15, 0.2) is 12.1 Å². The van der Waals surface area contributed by atoms with Crippen LogP contribution in [0.4, 0.5) is 24.5 Å². The van der Waals surface area contributed by atoms with Crippen molar-refractivity contribution in [3.05, 3.63) is 31.6 Å². The molecule has 0 aliphatic rings. The van der Waals surface area contributed by atoms with E-state index >= 15 is 0 Å². The van der Waals surface area contributed by atoms with Gasteiger partial charge in [0.05, 0.1) is 21.6 Å². The van der Waals surface area contributed by atoms with E-state index in [9.17, 15) is 23.3 Å². The maximum absolute atomic E-state index is 13.5. The molecule has 5 nitrogen and oxygen atoms in total. The number of nitro benzene ring substituents is 1. The van der Waals surface area contributed by atoms with Crippen LogP contribution < -0.4 is 4.90 Å². The maximum atomic E-state index is 13.5. The van der Waals surface area contributed by atoms with Gasteiger partial charge in [-0.2, -0.15) is 0 Å². The summed E-state index contributed by atoms with van der Waals surface area (Å²) in [6.45, 7) is -1.54. The molecule has 0 saturated carbocycles. The van der Waals surface area contributed by atoms with E-state index in [0.29, 0.717) is 0 Å². The number of anilines is 1. The van der Waals surface area contributed by atoms with Crippen molar-refractivity contribution >= 4 is 34.0 Å². The Kier molecular flexibility index (Phi) is 5.79. The summed E-state index contributed by atoms with van der Waals surface area (Å²) in [6.07, 6.45) is -2.76. The molecule has 9 heteroatoms. The average Bonchev–Trinajstić information content (AvgIpc) is 2.30. The highest BCUT2D eigenvalue weighted by Gasteiger charge is 2.24. The van der Waals surface area contributed by atoms with Crippen molar-refractivity contribution in [1.82, 2.24) is 0 Å². The molecule has 1 rings (SSSR count). The molecule has 0 radical (unpaired) electrons. The topological polar surface area (TPSA) is 66.6 Å². The van der Waals surface area contributed by atoms with E-state index < -0.39 is 36.0 Å². The summed E-state index contributed by atoms with van der Waals surface area (Å²) in [5.74, 6) is -0.738. The Hall–Kier alpha value is -1.10. The number of hydrogen-bond acceptors (Lipinski definition) is 4. The second kappa shape index (κ2) is 6.89. The maximum Gasteiger partial charge on any atom is 0.293 e. The molecule has 0 amide bonds. The number of hydrogen-bond donors (Lipinski definition) is 1. The molecule has 0 unspecified atom stereocenters. The lowest BCUT2D eigenvalue weighted by Gasteiger charge is -2.23. The number of aliphatic hydroxyl groups is 1. The molecule has 106 valence electrons. The Bertz CT molecular complexity index is 474. The molecule has 0 aliphatic heterocycles. The molecule has 0 fully saturated rings. The van der Waals surface area contributed by atoms with Gasteiger partial charge in [0, 0.05) is 18.7 Å². The zero-order valence-electron chi connectivity index (χ0n) is 9.52. The van der Waals surface area contributed by atoms with Crippen molar-refractivity contribution in [2.24, 2.45) is 0 Å². The van der Waals surface area contributed by atoms with E-state index in [-0.39, 0.29) is 15.8 Å². The molecular weight excluding hydrogens is 380 g/mol. The van der Waals surface area contributed by atoms with Crippen LogP contribution in [0.5, 0.6) is 0 Å². The second-order valence-corrected chi connectivity index (χ2v) is 4.74. The first kappa shape index (κ1) is 16.0. The Labute approximate surface area is 120 Å². The molecule has 0 atom stereocenters. The van der Waals surface area contributed by atoms with Crippen molar-refractivity contribution in [2.75, 3.05) is 24.6 Å². The molecule has 0 spiro atoms. The van der Waals surface area contributed by atoms with E-state index in [4.69, 9.17) is 5.11 Å². The minimum Gasteiger partial charge on any atom is -0.395 e. The minimum absolute atomic E-state index is 0.0223. The van der Waals surface area contributed by atoms with Crippen molar-refractivity contribution in [3.63, 3.8) is 0 Å². The summed E-state index contributed by atoms with van der Waals surface area (Å²) < 4.78 is 38.3. The van der Waals surface area contributed by atoms with Crippen molar-refractivity contribution in [3.8, 4) is 0 Å². The third-order valence-electron chi connectivity index (χ3n) is 2.28. The van der Waals surface area contributed by atoms with Gasteiger partial charge < -0.3 is 10.0 Å². The second-order valence-electron chi connectivity index (χ2n) is 3.57. The van der Waals surface area contributed by atoms with Gasteiger partial charge in [0.15, 0.2) is 0 Å².